The molecule has 1 aliphatic rings. The zero-order chi connectivity index (χ0) is 10.7. The zero-order valence-corrected chi connectivity index (χ0v) is 8.78. The van der Waals surface area contributed by atoms with E-state index in [-0.39, 0.29) is 5.91 Å². The van der Waals surface area contributed by atoms with Gasteiger partial charge in [0, 0.05) is 18.8 Å². The van der Waals surface area contributed by atoms with Gasteiger partial charge in [-0.3, -0.25) is 4.79 Å². The summed E-state index contributed by atoms with van der Waals surface area (Å²) in [6, 6.07) is 7.55. The molecule has 1 saturated heterocycles. The average molecular weight is 204 g/mol. The van der Waals surface area contributed by atoms with Crippen molar-refractivity contribution in [1.82, 2.24) is 4.90 Å². The third-order valence-electron chi connectivity index (χ3n) is 2.77. The van der Waals surface area contributed by atoms with Gasteiger partial charge in [0.2, 0.25) is 5.91 Å². The number of carbonyl (C=O) groups is 1. The zero-order valence-electron chi connectivity index (χ0n) is 8.78. The normalized spacial score (nSPS) is 15.6. The minimum absolute atomic E-state index is 0.220. The molecule has 0 saturated carbocycles. The lowest BCUT2D eigenvalue weighted by atomic mass is 10.1. The molecule has 80 valence electrons. The molecule has 1 amide bonds. The Hall–Kier alpha value is -1.51. The predicted molar refractivity (Wildman–Crippen MR) is 60.4 cm³/mol. The molecular weight excluding hydrogens is 188 g/mol. The molecule has 15 heavy (non-hydrogen) atoms. The molecule has 0 unspecified atom stereocenters. The van der Waals surface area contributed by atoms with Crippen molar-refractivity contribution in [3.63, 3.8) is 0 Å². The lowest BCUT2D eigenvalue weighted by Gasteiger charge is -2.15. The molecule has 0 radical (unpaired) electrons. The molecule has 0 spiro atoms. The first kappa shape index (κ1) is 10.0. The van der Waals surface area contributed by atoms with Crippen LogP contribution in [0.2, 0.25) is 0 Å². The lowest BCUT2D eigenvalue weighted by molar-refractivity contribution is -0.129. The maximum atomic E-state index is 11.8. The molecule has 1 aliphatic heterocycles. The maximum absolute atomic E-state index is 11.8. The number of benzene rings is 1. The van der Waals surface area contributed by atoms with Gasteiger partial charge in [-0.05, 0) is 30.5 Å². The maximum Gasteiger partial charge on any atom is 0.226 e. The summed E-state index contributed by atoms with van der Waals surface area (Å²) in [5.74, 6) is 0.220. The van der Waals surface area contributed by atoms with Crippen LogP contribution in [-0.4, -0.2) is 23.9 Å². The number of nitrogens with two attached hydrogens (primary N) is 1. The number of hydrogen-bond donors (Lipinski definition) is 1. The Bertz CT molecular complexity index is 356. The van der Waals surface area contributed by atoms with E-state index in [0.717, 1.165) is 37.2 Å². The summed E-state index contributed by atoms with van der Waals surface area (Å²) in [6.07, 6.45) is 2.76. The molecule has 0 atom stereocenters. The summed E-state index contributed by atoms with van der Waals surface area (Å²) in [6.45, 7) is 1.84. The van der Waals surface area contributed by atoms with Gasteiger partial charge in [0.05, 0.1) is 6.42 Å². The number of nitrogen functional groups attached to an aromatic ring is 1. The van der Waals surface area contributed by atoms with Gasteiger partial charge in [0.1, 0.15) is 0 Å². The lowest BCUT2D eigenvalue weighted by Crippen LogP contribution is -2.29. The first-order chi connectivity index (χ1) is 7.25. The number of hydrogen-bond acceptors (Lipinski definition) is 2. The molecule has 1 fully saturated rings. The van der Waals surface area contributed by atoms with Crippen LogP contribution in [0.5, 0.6) is 0 Å². The third-order valence-corrected chi connectivity index (χ3v) is 2.77. The molecule has 2 N–H and O–H groups in total. The van der Waals surface area contributed by atoms with Crippen molar-refractivity contribution in [2.24, 2.45) is 0 Å². The van der Waals surface area contributed by atoms with Crippen molar-refractivity contribution in [2.45, 2.75) is 19.3 Å². The van der Waals surface area contributed by atoms with Gasteiger partial charge in [-0.1, -0.05) is 12.1 Å². The highest BCUT2D eigenvalue weighted by atomic mass is 16.2. The van der Waals surface area contributed by atoms with Crippen LogP contribution in [0.3, 0.4) is 0 Å². The van der Waals surface area contributed by atoms with E-state index in [2.05, 4.69) is 0 Å². The number of anilines is 1. The Morgan fingerprint density at radius 1 is 1.33 bits per heavy atom. The Morgan fingerprint density at radius 3 is 2.73 bits per heavy atom. The smallest absolute Gasteiger partial charge is 0.226 e. The standard InChI is InChI=1S/C12H16N2O/c13-11-5-3-4-10(8-11)9-12(15)14-6-1-2-7-14/h3-5,8H,1-2,6-7,9,13H2. The Balaban J connectivity index is 1.99. The molecular formula is C12H16N2O. The van der Waals surface area contributed by atoms with Crippen molar-refractivity contribution < 1.29 is 4.79 Å². The fourth-order valence-electron chi connectivity index (χ4n) is 1.96. The van der Waals surface area contributed by atoms with Gasteiger partial charge in [-0.25, -0.2) is 0 Å². The Morgan fingerprint density at radius 2 is 2.07 bits per heavy atom. The highest BCUT2D eigenvalue weighted by molar-refractivity contribution is 5.79. The second-order valence-electron chi connectivity index (χ2n) is 4.01. The number of amides is 1. The third kappa shape index (κ3) is 2.49. The quantitative estimate of drug-likeness (QED) is 0.741. The van der Waals surface area contributed by atoms with E-state index in [1.54, 1.807) is 0 Å². The van der Waals surface area contributed by atoms with Crippen LogP contribution in [0.25, 0.3) is 0 Å². The van der Waals surface area contributed by atoms with E-state index in [1.165, 1.54) is 0 Å². The summed E-state index contributed by atoms with van der Waals surface area (Å²) in [5, 5.41) is 0. The molecule has 3 heteroatoms. The second kappa shape index (κ2) is 4.34. The number of likely N-dealkylation sites (tertiary alicyclic amines) is 1. The van der Waals surface area contributed by atoms with Crippen LogP contribution < -0.4 is 5.73 Å². The fourth-order valence-corrected chi connectivity index (χ4v) is 1.96. The van der Waals surface area contributed by atoms with Crippen molar-refractivity contribution in [2.75, 3.05) is 18.8 Å². The van der Waals surface area contributed by atoms with Crippen molar-refractivity contribution in [3.05, 3.63) is 29.8 Å². The van der Waals surface area contributed by atoms with E-state index >= 15 is 0 Å². The Labute approximate surface area is 89.9 Å². The SMILES string of the molecule is Nc1cccc(CC(=O)N2CCCC2)c1. The van der Waals surface area contributed by atoms with E-state index in [9.17, 15) is 4.79 Å². The summed E-state index contributed by atoms with van der Waals surface area (Å²) in [5.41, 5.74) is 7.39. The van der Waals surface area contributed by atoms with Crippen molar-refractivity contribution in [3.8, 4) is 0 Å². The molecule has 0 bridgehead atoms. The number of nitrogens with zero attached hydrogens (tertiary/aromatic N) is 1. The molecule has 0 aromatic heterocycles. The summed E-state index contributed by atoms with van der Waals surface area (Å²) < 4.78 is 0. The van der Waals surface area contributed by atoms with Gasteiger partial charge in [0.15, 0.2) is 0 Å². The molecule has 3 nitrogen and oxygen atoms in total. The van der Waals surface area contributed by atoms with Gasteiger partial charge >= 0.3 is 0 Å². The molecule has 1 heterocycles. The minimum Gasteiger partial charge on any atom is -0.399 e. The van der Waals surface area contributed by atoms with E-state index in [4.69, 9.17) is 5.73 Å². The monoisotopic (exact) mass is 204 g/mol. The van der Waals surface area contributed by atoms with Gasteiger partial charge < -0.3 is 10.6 Å². The highest BCUT2D eigenvalue weighted by Gasteiger charge is 2.17. The summed E-state index contributed by atoms with van der Waals surface area (Å²) in [7, 11) is 0. The predicted octanol–water partition coefficient (Wildman–Crippen LogP) is 1.43. The van der Waals surface area contributed by atoms with Crippen LogP contribution in [0.4, 0.5) is 5.69 Å². The Kier molecular flexibility index (Phi) is 2.90. The molecule has 0 aliphatic carbocycles. The molecule has 1 aromatic rings. The highest BCUT2D eigenvalue weighted by Crippen LogP contribution is 2.12. The van der Waals surface area contributed by atoms with Crippen LogP contribution in [0, 0.1) is 0 Å². The van der Waals surface area contributed by atoms with Crippen molar-refractivity contribution in [1.29, 1.82) is 0 Å². The largest absolute Gasteiger partial charge is 0.399 e. The van der Waals surface area contributed by atoms with Gasteiger partial charge in [-0.15, -0.1) is 0 Å². The first-order valence-corrected chi connectivity index (χ1v) is 5.38. The molecule has 2 rings (SSSR count). The fraction of sp³-hybridized carbons (Fsp3) is 0.417. The van der Waals surface area contributed by atoms with E-state index in [0.29, 0.717) is 6.42 Å². The topological polar surface area (TPSA) is 46.3 Å². The summed E-state index contributed by atoms with van der Waals surface area (Å²) >= 11 is 0. The van der Waals surface area contributed by atoms with E-state index < -0.39 is 0 Å². The number of rotatable bonds is 2. The summed E-state index contributed by atoms with van der Waals surface area (Å²) in [4.78, 5) is 13.7. The number of carbonyl (C=O) groups excluding carboxylic acids is 1. The second-order valence-corrected chi connectivity index (χ2v) is 4.01. The van der Waals surface area contributed by atoms with Crippen LogP contribution in [0.15, 0.2) is 24.3 Å². The van der Waals surface area contributed by atoms with Crippen molar-refractivity contribution >= 4 is 11.6 Å². The first-order valence-electron chi connectivity index (χ1n) is 5.38. The average Bonchev–Trinajstić information content (AvgIpc) is 2.70. The van der Waals surface area contributed by atoms with Gasteiger partial charge in [0.25, 0.3) is 0 Å². The van der Waals surface area contributed by atoms with Gasteiger partial charge in [-0.2, -0.15) is 0 Å². The van der Waals surface area contributed by atoms with E-state index in [1.807, 2.05) is 29.2 Å². The van der Waals surface area contributed by atoms with Crippen LogP contribution >= 0.6 is 0 Å². The van der Waals surface area contributed by atoms with Crippen LogP contribution in [0.1, 0.15) is 18.4 Å². The van der Waals surface area contributed by atoms with Crippen LogP contribution in [-0.2, 0) is 11.2 Å². The minimum atomic E-state index is 0.220. The molecule has 1 aromatic carbocycles.